The number of nitrogens with one attached hydrogen (secondary N) is 2. The van der Waals surface area contributed by atoms with Gasteiger partial charge in [-0.15, -0.1) is 0 Å². The minimum absolute atomic E-state index is 0.0885. The second-order valence-electron chi connectivity index (χ2n) is 7.00. The molecule has 0 saturated carbocycles. The van der Waals surface area contributed by atoms with Crippen molar-refractivity contribution in [3.63, 3.8) is 0 Å². The van der Waals surface area contributed by atoms with Gasteiger partial charge in [-0.2, -0.15) is 0 Å². The predicted molar refractivity (Wildman–Crippen MR) is 110 cm³/mol. The molecule has 30 heavy (non-hydrogen) atoms. The van der Waals surface area contributed by atoms with Gasteiger partial charge in [0.25, 0.3) is 5.91 Å². The molecule has 2 heterocycles. The molecule has 2 N–H and O–H groups in total. The highest BCUT2D eigenvalue weighted by molar-refractivity contribution is 6.35. The van der Waals surface area contributed by atoms with Crippen LogP contribution in [0.5, 0.6) is 11.5 Å². The lowest BCUT2D eigenvalue weighted by Crippen LogP contribution is -2.41. The summed E-state index contributed by atoms with van der Waals surface area (Å²) in [5.41, 5.74) is -0.357. The minimum atomic E-state index is -1.27. The van der Waals surface area contributed by atoms with Crippen molar-refractivity contribution in [2.45, 2.75) is 18.9 Å². The van der Waals surface area contributed by atoms with Crippen molar-refractivity contribution >= 4 is 46.7 Å². The number of amides is 4. The molecule has 2 aromatic carbocycles. The monoisotopic (exact) mass is 449 g/mol. The molecule has 2 aliphatic heterocycles. The number of ether oxygens (including phenoxy) is 2. The van der Waals surface area contributed by atoms with Gasteiger partial charge in [-0.1, -0.05) is 29.3 Å². The zero-order chi connectivity index (χ0) is 21.5. The number of rotatable bonds is 5. The largest absolute Gasteiger partial charge is 0.454 e. The average Bonchev–Trinajstić information content (AvgIpc) is 3.26. The number of carbonyl (C=O) groups excluding carboxylic acids is 3. The zero-order valence-electron chi connectivity index (χ0n) is 15.8. The van der Waals surface area contributed by atoms with Gasteiger partial charge in [-0.05, 0) is 42.8 Å². The smallest absolute Gasteiger partial charge is 0.325 e. The molecule has 0 radical (unpaired) electrons. The molecule has 156 valence electrons. The van der Waals surface area contributed by atoms with Gasteiger partial charge >= 0.3 is 6.03 Å². The topological polar surface area (TPSA) is 97.0 Å². The molecule has 1 atom stereocenters. The third-order valence-electron chi connectivity index (χ3n) is 4.99. The van der Waals surface area contributed by atoms with E-state index in [1.54, 1.807) is 37.3 Å². The highest BCUT2D eigenvalue weighted by Gasteiger charge is 2.49. The fraction of sp³-hybridized carbons (Fsp3) is 0.250. The van der Waals surface area contributed by atoms with Gasteiger partial charge in [0.1, 0.15) is 5.54 Å². The van der Waals surface area contributed by atoms with E-state index in [1.165, 1.54) is 6.07 Å². The highest BCUT2D eigenvalue weighted by atomic mass is 35.5. The van der Waals surface area contributed by atoms with E-state index in [0.717, 1.165) is 4.90 Å². The van der Waals surface area contributed by atoms with Crippen LogP contribution in [0.3, 0.4) is 0 Å². The van der Waals surface area contributed by atoms with E-state index in [0.29, 0.717) is 32.8 Å². The van der Waals surface area contributed by atoms with E-state index < -0.39 is 23.4 Å². The lowest BCUT2D eigenvalue weighted by atomic mass is 9.91. The van der Waals surface area contributed by atoms with Crippen LogP contribution >= 0.6 is 23.2 Å². The van der Waals surface area contributed by atoms with Crippen LogP contribution in [0.4, 0.5) is 10.5 Å². The summed E-state index contributed by atoms with van der Waals surface area (Å²) in [4.78, 5) is 38.8. The Hall–Kier alpha value is -2.97. The van der Waals surface area contributed by atoms with Crippen molar-refractivity contribution in [1.82, 2.24) is 10.2 Å². The second kappa shape index (κ2) is 7.70. The minimum Gasteiger partial charge on any atom is -0.454 e. The third-order valence-corrected chi connectivity index (χ3v) is 5.55. The molecule has 0 aromatic heterocycles. The van der Waals surface area contributed by atoms with Gasteiger partial charge < -0.3 is 20.1 Å². The fourth-order valence-corrected chi connectivity index (χ4v) is 3.66. The summed E-state index contributed by atoms with van der Waals surface area (Å²) in [7, 11) is 0. The number of hydrogen-bond acceptors (Lipinski definition) is 5. The zero-order valence-corrected chi connectivity index (χ0v) is 17.3. The Balaban J connectivity index is 1.44. The Labute approximate surface area is 182 Å². The van der Waals surface area contributed by atoms with Crippen LogP contribution in [-0.2, 0) is 15.1 Å². The molecular weight excluding hydrogens is 433 g/mol. The van der Waals surface area contributed by atoms with Crippen LogP contribution in [-0.4, -0.2) is 36.1 Å². The number of nitrogens with zero attached hydrogens (tertiary/aromatic N) is 1. The molecule has 2 aromatic rings. The molecule has 4 amide bonds. The molecule has 2 aliphatic rings. The first-order valence-corrected chi connectivity index (χ1v) is 9.82. The Morgan fingerprint density at radius 1 is 1.17 bits per heavy atom. The number of halogens is 2. The predicted octanol–water partition coefficient (Wildman–Crippen LogP) is 3.52. The van der Waals surface area contributed by atoms with E-state index in [2.05, 4.69) is 10.6 Å². The third kappa shape index (κ3) is 3.64. The van der Waals surface area contributed by atoms with Gasteiger partial charge in [0.15, 0.2) is 11.5 Å². The number of hydrogen-bond donors (Lipinski definition) is 2. The van der Waals surface area contributed by atoms with E-state index >= 15 is 0 Å². The van der Waals surface area contributed by atoms with Crippen LogP contribution in [0.1, 0.15) is 18.9 Å². The van der Waals surface area contributed by atoms with Crippen molar-refractivity contribution in [3.05, 3.63) is 52.0 Å². The number of benzene rings is 2. The number of fused-ring (bicyclic) bond motifs is 1. The maximum atomic E-state index is 13.0. The van der Waals surface area contributed by atoms with Gasteiger partial charge in [0, 0.05) is 18.0 Å². The summed E-state index contributed by atoms with van der Waals surface area (Å²) in [6, 6.07) is 9.16. The molecule has 4 rings (SSSR count). The first-order chi connectivity index (χ1) is 14.3. The Morgan fingerprint density at radius 3 is 2.73 bits per heavy atom. The quantitative estimate of drug-likeness (QED) is 0.680. The molecule has 0 spiro atoms. The lowest BCUT2D eigenvalue weighted by molar-refractivity contribution is -0.131. The molecule has 0 unspecified atom stereocenters. The van der Waals surface area contributed by atoms with Crippen LogP contribution in [0.15, 0.2) is 36.4 Å². The highest BCUT2D eigenvalue weighted by Crippen LogP contribution is 2.37. The normalized spacial score (nSPS) is 19.8. The van der Waals surface area contributed by atoms with E-state index in [1.807, 2.05) is 0 Å². The molecule has 8 nitrogen and oxygen atoms in total. The van der Waals surface area contributed by atoms with Crippen molar-refractivity contribution in [1.29, 1.82) is 0 Å². The summed E-state index contributed by atoms with van der Waals surface area (Å²) in [5.74, 6) is 0.218. The maximum absolute atomic E-state index is 13.0. The molecule has 1 saturated heterocycles. The van der Waals surface area contributed by atoms with Crippen LogP contribution in [0.25, 0.3) is 0 Å². The number of imide groups is 1. The molecule has 0 bridgehead atoms. The van der Waals surface area contributed by atoms with E-state index in [4.69, 9.17) is 32.7 Å². The van der Waals surface area contributed by atoms with Crippen LogP contribution in [0.2, 0.25) is 10.0 Å². The summed E-state index contributed by atoms with van der Waals surface area (Å²) in [6.45, 7) is 1.62. The number of urea groups is 1. The molecule has 0 aliphatic carbocycles. The van der Waals surface area contributed by atoms with E-state index in [-0.39, 0.29) is 19.8 Å². The van der Waals surface area contributed by atoms with Crippen LogP contribution < -0.4 is 20.1 Å². The first-order valence-electron chi connectivity index (χ1n) is 9.07. The Morgan fingerprint density at radius 2 is 1.93 bits per heavy atom. The van der Waals surface area contributed by atoms with Gasteiger partial charge in [0.2, 0.25) is 12.7 Å². The molecule has 10 heteroatoms. The second-order valence-corrected chi connectivity index (χ2v) is 7.85. The fourth-order valence-electron chi connectivity index (χ4n) is 3.32. The standard InChI is InChI=1S/C20H17Cl2N3O5/c1-20(11-2-5-15-16(8-11)30-10-29-15)18(27)25(19(28)24-20)7-6-17(26)23-14-9-12(21)3-4-13(14)22/h2-5,8-9H,6-7,10H2,1H3,(H,23,26)(H,24,28)/t20-/m1/s1. The summed E-state index contributed by atoms with van der Waals surface area (Å²) >= 11 is 11.9. The van der Waals surface area contributed by atoms with Crippen molar-refractivity contribution < 1.29 is 23.9 Å². The Kier molecular flexibility index (Phi) is 5.21. The number of carbonyl (C=O) groups is 3. The van der Waals surface area contributed by atoms with Gasteiger partial charge in [-0.25, -0.2) is 4.79 Å². The van der Waals surface area contributed by atoms with Gasteiger partial charge in [0.05, 0.1) is 10.7 Å². The SMILES string of the molecule is C[C@]1(c2ccc3c(c2)OCO3)NC(=O)N(CCC(=O)Nc2cc(Cl)ccc2Cl)C1=O. The average molecular weight is 450 g/mol. The van der Waals surface area contributed by atoms with Crippen molar-refractivity contribution in [2.24, 2.45) is 0 Å². The van der Waals surface area contributed by atoms with Crippen LogP contribution in [0, 0.1) is 0 Å². The maximum Gasteiger partial charge on any atom is 0.325 e. The lowest BCUT2D eigenvalue weighted by Gasteiger charge is -2.22. The summed E-state index contributed by atoms with van der Waals surface area (Å²) < 4.78 is 10.6. The molecule has 1 fully saturated rings. The molecular formula is C20H17Cl2N3O5. The summed E-state index contributed by atoms with van der Waals surface area (Å²) in [6.07, 6.45) is -0.0980. The number of anilines is 1. The van der Waals surface area contributed by atoms with E-state index in [9.17, 15) is 14.4 Å². The first kappa shape index (κ1) is 20.3. The van der Waals surface area contributed by atoms with Crippen molar-refractivity contribution in [2.75, 3.05) is 18.7 Å². The Bertz CT molecular complexity index is 1060. The summed E-state index contributed by atoms with van der Waals surface area (Å²) in [5, 5.41) is 6.08. The van der Waals surface area contributed by atoms with Crippen molar-refractivity contribution in [3.8, 4) is 11.5 Å². The van der Waals surface area contributed by atoms with Gasteiger partial charge in [-0.3, -0.25) is 14.5 Å².